The third kappa shape index (κ3) is 10.8. The van der Waals surface area contributed by atoms with Crippen LogP contribution in [0, 0.1) is 6.08 Å². The third-order valence-electron chi connectivity index (χ3n) is 8.03. The van der Waals surface area contributed by atoms with Gasteiger partial charge in [0.1, 0.15) is 0 Å². The maximum absolute atomic E-state index is 13.0. The van der Waals surface area contributed by atoms with Crippen molar-refractivity contribution in [2.75, 3.05) is 0 Å². The van der Waals surface area contributed by atoms with Crippen molar-refractivity contribution >= 4 is 49.6 Å². The molecule has 0 radical (unpaired) electrons. The van der Waals surface area contributed by atoms with Gasteiger partial charge in [0.25, 0.3) is 0 Å². The van der Waals surface area contributed by atoms with Crippen LogP contribution in [0.15, 0.2) is 109 Å². The number of fused-ring (bicyclic) bond motifs is 3. The van der Waals surface area contributed by atoms with E-state index in [-0.39, 0.29) is 50.0 Å². The third-order valence-corrected chi connectivity index (χ3v) is 9.35. The van der Waals surface area contributed by atoms with Crippen LogP contribution in [-0.4, -0.2) is 3.21 Å². The molecule has 6 rings (SSSR count). The van der Waals surface area contributed by atoms with Crippen molar-refractivity contribution < 1.29 is 50.6 Å². The fraction of sp³-hybridized carbons (Fsp3) is 0.268. The van der Waals surface area contributed by atoms with E-state index in [1.165, 1.54) is 69.1 Å². The number of allylic oxidation sites excluding steroid dienone is 4. The maximum Gasteiger partial charge on any atom is -0.109 e. The molecule has 0 nitrogen and oxygen atoms in total. The van der Waals surface area contributed by atoms with Crippen molar-refractivity contribution in [3.05, 3.63) is 149 Å². The van der Waals surface area contributed by atoms with Gasteiger partial charge < -0.3 is 0 Å². The van der Waals surface area contributed by atoms with Crippen LogP contribution in [0.3, 0.4) is 0 Å². The maximum atomic E-state index is 13.0. The van der Waals surface area contributed by atoms with Gasteiger partial charge in [0.05, 0.1) is 0 Å². The van der Waals surface area contributed by atoms with E-state index >= 15 is 0 Å². The van der Waals surface area contributed by atoms with E-state index in [1.807, 2.05) is 12.2 Å². The molecular weight excluding hydrogens is 769 g/mol. The molecule has 0 amide bonds. The zero-order chi connectivity index (χ0) is 35.5. The molecular formula is C41H40Cl2F6Zr. The van der Waals surface area contributed by atoms with Crippen LogP contribution < -0.4 is 0 Å². The summed E-state index contributed by atoms with van der Waals surface area (Å²) in [6, 6.07) is 25.5. The molecule has 50 heavy (non-hydrogen) atoms. The fourth-order valence-corrected chi connectivity index (χ4v) is 6.38. The van der Waals surface area contributed by atoms with E-state index in [4.69, 9.17) is 0 Å². The first-order chi connectivity index (χ1) is 22.3. The quantitative estimate of drug-likeness (QED) is 0.123. The molecule has 0 atom stereocenters. The number of hydrogen-bond donors (Lipinski definition) is 0. The monoisotopic (exact) mass is 806 g/mol. The first kappa shape index (κ1) is 43.3. The van der Waals surface area contributed by atoms with Crippen LogP contribution in [0.4, 0.5) is 26.3 Å². The van der Waals surface area contributed by atoms with Crippen molar-refractivity contribution in [1.82, 2.24) is 0 Å². The first-order valence-electron chi connectivity index (χ1n) is 15.6. The van der Waals surface area contributed by atoms with Gasteiger partial charge in [0, 0.05) is 0 Å². The van der Waals surface area contributed by atoms with Crippen LogP contribution in [0.2, 0.25) is 0 Å². The van der Waals surface area contributed by atoms with Crippen LogP contribution in [-0.2, 0) is 47.4 Å². The second-order valence-electron chi connectivity index (χ2n) is 13.7. The van der Waals surface area contributed by atoms with E-state index in [1.54, 1.807) is 0 Å². The summed E-state index contributed by atoms with van der Waals surface area (Å²) in [6.07, 6.45) is 0.761. The Balaban J connectivity index is 0.000000293. The molecule has 0 saturated heterocycles. The fourth-order valence-electron chi connectivity index (χ4n) is 5.31. The Hall–Kier alpha value is -2.86. The Labute approximate surface area is 318 Å². The summed E-state index contributed by atoms with van der Waals surface area (Å²) in [7, 11) is 0. The summed E-state index contributed by atoms with van der Waals surface area (Å²) in [5.41, 5.74) is 0.901. The van der Waals surface area contributed by atoms with Crippen molar-refractivity contribution in [1.29, 1.82) is 0 Å². The molecule has 0 unspecified atom stereocenters. The first-order valence-corrected chi connectivity index (χ1v) is 16.8. The molecule has 0 heterocycles. The summed E-state index contributed by atoms with van der Waals surface area (Å²) < 4.78 is 78.2. The molecule has 0 saturated carbocycles. The molecule has 0 spiro atoms. The zero-order valence-corrected chi connectivity index (χ0v) is 32.8. The molecule has 264 valence electrons. The number of halogens is 8. The van der Waals surface area contributed by atoms with Crippen molar-refractivity contribution in [2.24, 2.45) is 0 Å². The van der Waals surface area contributed by atoms with E-state index in [2.05, 4.69) is 96.2 Å². The Morgan fingerprint density at radius 1 is 0.620 bits per heavy atom. The SMILES string of the molecule is CC(C)(C)c1ccc2[cH-]c3ccc(C(C)(C)C)cc3c2c1.Cl.Cl.FC(F)(F)c1ccccc1[C](=[Zr+2])c1ccccc1C(F)(F)F.[C-]1=CC=CC1. The van der Waals surface area contributed by atoms with E-state index < -0.39 is 23.5 Å². The molecule has 9 heteroatoms. The standard InChI is InChI=1S/C21H25.C15H8F6.C5H5.2ClH.Zr/c1-20(2,3)16-9-7-14-11-15-8-10-17(21(4,5)6)13-19(15)18(14)12-16;16-14(17,18)12-7-3-1-5-10(12)9-11-6-2-4-8-13(11)15(19,20)21;1-2-4-5-3-1;;;/h7-13H,1-6H3;1-8H;1-3H,4H2;2*1H;/q-1;;-1;;;+2. The molecule has 5 aromatic carbocycles. The molecule has 0 fully saturated rings. The van der Waals surface area contributed by atoms with Crippen molar-refractivity contribution in [3.8, 4) is 0 Å². The second kappa shape index (κ2) is 17.1. The van der Waals surface area contributed by atoms with E-state index in [0.717, 1.165) is 18.6 Å². The van der Waals surface area contributed by atoms with Gasteiger partial charge in [0.15, 0.2) is 0 Å². The van der Waals surface area contributed by atoms with Gasteiger partial charge in [-0.3, -0.25) is 6.08 Å². The average Bonchev–Trinajstić information content (AvgIpc) is 3.71. The van der Waals surface area contributed by atoms with Gasteiger partial charge >= 0.3 is 137 Å². The number of hydrogen-bond acceptors (Lipinski definition) is 0. The van der Waals surface area contributed by atoms with Crippen molar-refractivity contribution in [2.45, 2.75) is 71.1 Å². The minimum Gasteiger partial charge on any atom is -0.273 e. The van der Waals surface area contributed by atoms with Gasteiger partial charge in [-0.25, -0.2) is 12.2 Å². The van der Waals surface area contributed by atoms with Gasteiger partial charge in [-0.1, -0.05) is 76.9 Å². The normalized spacial score (nSPS) is 12.8. The topological polar surface area (TPSA) is 0 Å². The smallest absolute Gasteiger partial charge is 0.109 e. The second-order valence-corrected chi connectivity index (χ2v) is 14.9. The number of rotatable bonds is 2. The predicted molar refractivity (Wildman–Crippen MR) is 197 cm³/mol. The van der Waals surface area contributed by atoms with E-state index in [9.17, 15) is 26.3 Å². The van der Waals surface area contributed by atoms with Gasteiger partial charge in [0.2, 0.25) is 0 Å². The van der Waals surface area contributed by atoms with Crippen LogP contribution in [0.25, 0.3) is 21.5 Å². The van der Waals surface area contributed by atoms with Gasteiger partial charge in [-0.2, -0.15) is 6.08 Å². The molecule has 0 aromatic heterocycles. The zero-order valence-electron chi connectivity index (χ0n) is 28.7. The summed E-state index contributed by atoms with van der Waals surface area (Å²) in [4.78, 5) is 0. The van der Waals surface area contributed by atoms with Crippen LogP contribution in [0.5, 0.6) is 0 Å². The minimum absolute atomic E-state index is 0. The Morgan fingerprint density at radius 3 is 1.32 bits per heavy atom. The Bertz CT molecular complexity index is 1830. The summed E-state index contributed by atoms with van der Waals surface area (Å²) >= 11 is 0.473. The van der Waals surface area contributed by atoms with Crippen LogP contribution in [0.1, 0.15) is 81.3 Å². The molecule has 0 aliphatic heterocycles. The van der Waals surface area contributed by atoms with Gasteiger partial charge in [-0.15, -0.1) is 71.0 Å². The molecule has 1 aliphatic carbocycles. The Morgan fingerprint density at radius 2 is 1.02 bits per heavy atom. The van der Waals surface area contributed by atoms with Crippen molar-refractivity contribution in [3.63, 3.8) is 0 Å². The number of benzene rings is 4. The molecule has 5 aromatic rings. The molecule has 1 aliphatic rings. The summed E-state index contributed by atoms with van der Waals surface area (Å²) in [5, 5.41) is 5.49. The van der Waals surface area contributed by atoms with Gasteiger partial charge in [-0.05, 0) is 10.8 Å². The number of alkyl halides is 6. The molecule has 0 N–H and O–H groups in total. The minimum atomic E-state index is -4.62. The van der Waals surface area contributed by atoms with Crippen LogP contribution >= 0.6 is 24.8 Å². The largest absolute Gasteiger partial charge is 0.273 e. The predicted octanol–water partition coefficient (Wildman–Crippen LogP) is 13.3. The Kier molecular flexibility index (Phi) is 14.8. The average molecular weight is 809 g/mol. The summed E-state index contributed by atoms with van der Waals surface area (Å²) in [6.45, 7) is 13.7. The summed E-state index contributed by atoms with van der Waals surface area (Å²) in [5.74, 6) is 0. The van der Waals surface area contributed by atoms with E-state index in [0.29, 0.717) is 24.2 Å². The molecule has 0 bridgehead atoms.